The van der Waals surface area contributed by atoms with Gasteiger partial charge in [0.2, 0.25) is 0 Å². The second-order valence-electron chi connectivity index (χ2n) is 7.96. The molecule has 1 aromatic heterocycles. The molecule has 0 saturated heterocycles. The summed E-state index contributed by atoms with van der Waals surface area (Å²) >= 11 is 0. The number of hydrogen-bond acceptors (Lipinski definition) is 5. The van der Waals surface area contributed by atoms with E-state index in [0.29, 0.717) is 18.6 Å². The van der Waals surface area contributed by atoms with Crippen molar-refractivity contribution < 1.29 is 4.74 Å². The summed E-state index contributed by atoms with van der Waals surface area (Å²) in [6, 6.07) is 11.1. The SMILES string of the molecule is COCc1nc(NC2(Cc3ccccc3C)CC2)cc(C2CC(N)C2)n1.Cl.Cl. The number of aromatic nitrogens is 2. The normalized spacial score (nSPS) is 21.7. The number of methoxy groups -OCH3 is 1. The number of nitrogens with zero attached hydrogens (tertiary/aromatic N) is 2. The van der Waals surface area contributed by atoms with Crippen LogP contribution in [-0.4, -0.2) is 28.7 Å². The second kappa shape index (κ2) is 9.40. The molecule has 0 bridgehead atoms. The van der Waals surface area contributed by atoms with Crippen molar-refractivity contribution >= 4 is 30.6 Å². The van der Waals surface area contributed by atoms with E-state index in [1.807, 2.05) is 0 Å². The highest BCUT2D eigenvalue weighted by Crippen LogP contribution is 2.43. The highest BCUT2D eigenvalue weighted by Gasteiger charge is 2.43. The minimum absolute atomic E-state index is 0. The highest BCUT2D eigenvalue weighted by atomic mass is 35.5. The molecule has 1 aromatic carbocycles. The molecule has 2 aliphatic rings. The average molecular weight is 425 g/mol. The first-order chi connectivity index (χ1) is 12.6. The molecule has 0 radical (unpaired) electrons. The smallest absolute Gasteiger partial charge is 0.156 e. The Morgan fingerprint density at radius 2 is 1.89 bits per heavy atom. The molecule has 0 atom stereocenters. The zero-order valence-corrected chi connectivity index (χ0v) is 18.1. The van der Waals surface area contributed by atoms with Gasteiger partial charge in [0.05, 0.1) is 0 Å². The van der Waals surface area contributed by atoms with E-state index < -0.39 is 0 Å². The van der Waals surface area contributed by atoms with E-state index in [2.05, 4.69) is 42.6 Å². The fraction of sp³-hybridized carbons (Fsp3) is 0.524. The molecule has 2 aromatic rings. The van der Waals surface area contributed by atoms with Crippen molar-refractivity contribution in [3.8, 4) is 0 Å². The lowest BCUT2D eigenvalue weighted by molar-refractivity contribution is 0.177. The predicted octanol–water partition coefficient (Wildman–Crippen LogP) is 4.17. The van der Waals surface area contributed by atoms with Gasteiger partial charge in [0.15, 0.2) is 5.82 Å². The van der Waals surface area contributed by atoms with Gasteiger partial charge in [-0.2, -0.15) is 0 Å². The van der Waals surface area contributed by atoms with Crippen molar-refractivity contribution in [2.75, 3.05) is 12.4 Å². The Balaban J connectivity index is 0.00000140. The van der Waals surface area contributed by atoms with Crippen LogP contribution in [0.1, 0.15) is 54.2 Å². The van der Waals surface area contributed by atoms with Crippen molar-refractivity contribution in [2.45, 2.75) is 63.1 Å². The largest absolute Gasteiger partial charge is 0.377 e. The van der Waals surface area contributed by atoms with Crippen LogP contribution in [-0.2, 0) is 17.8 Å². The summed E-state index contributed by atoms with van der Waals surface area (Å²) in [6.45, 7) is 2.62. The molecule has 0 spiro atoms. The molecule has 5 nitrogen and oxygen atoms in total. The molecule has 0 unspecified atom stereocenters. The summed E-state index contributed by atoms with van der Waals surface area (Å²) < 4.78 is 5.27. The third-order valence-corrected chi connectivity index (χ3v) is 5.70. The fourth-order valence-electron chi connectivity index (χ4n) is 3.83. The van der Waals surface area contributed by atoms with Crippen molar-refractivity contribution in [1.82, 2.24) is 9.97 Å². The highest BCUT2D eigenvalue weighted by molar-refractivity contribution is 5.85. The van der Waals surface area contributed by atoms with E-state index in [-0.39, 0.29) is 30.4 Å². The van der Waals surface area contributed by atoms with Crippen LogP contribution in [0.25, 0.3) is 0 Å². The Morgan fingerprint density at radius 3 is 2.50 bits per heavy atom. The molecule has 4 rings (SSSR count). The lowest BCUT2D eigenvalue weighted by Gasteiger charge is -2.32. The van der Waals surface area contributed by atoms with E-state index in [0.717, 1.165) is 36.6 Å². The summed E-state index contributed by atoms with van der Waals surface area (Å²) in [5, 5.41) is 3.72. The van der Waals surface area contributed by atoms with E-state index in [9.17, 15) is 0 Å². The maximum Gasteiger partial charge on any atom is 0.156 e. The molecule has 2 fully saturated rings. The molecular formula is C21H30Cl2N4O. The Morgan fingerprint density at radius 1 is 1.18 bits per heavy atom. The predicted molar refractivity (Wildman–Crippen MR) is 118 cm³/mol. The van der Waals surface area contributed by atoms with Crippen LogP contribution < -0.4 is 11.1 Å². The first-order valence-electron chi connectivity index (χ1n) is 9.52. The van der Waals surface area contributed by atoms with Crippen LogP contribution in [0, 0.1) is 6.92 Å². The van der Waals surface area contributed by atoms with Crippen LogP contribution in [0.3, 0.4) is 0 Å². The van der Waals surface area contributed by atoms with Gasteiger partial charge >= 0.3 is 0 Å². The van der Waals surface area contributed by atoms with E-state index in [1.54, 1.807) is 7.11 Å². The Labute approximate surface area is 179 Å². The summed E-state index contributed by atoms with van der Waals surface area (Å²) in [5.74, 6) is 2.13. The summed E-state index contributed by atoms with van der Waals surface area (Å²) in [5.41, 5.74) is 9.96. The minimum atomic E-state index is 0. The average Bonchev–Trinajstić information content (AvgIpc) is 3.33. The van der Waals surface area contributed by atoms with Crippen molar-refractivity contribution in [3.05, 3.63) is 53.0 Å². The van der Waals surface area contributed by atoms with Crippen LogP contribution in [0.15, 0.2) is 30.3 Å². The first kappa shape index (κ1) is 22.9. The first-order valence-corrected chi connectivity index (χ1v) is 9.52. The number of aryl methyl sites for hydroxylation is 1. The lowest BCUT2D eigenvalue weighted by Crippen LogP contribution is -2.35. The Kier molecular flexibility index (Phi) is 7.68. The van der Waals surface area contributed by atoms with Crippen molar-refractivity contribution in [1.29, 1.82) is 0 Å². The third-order valence-electron chi connectivity index (χ3n) is 5.70. The van der Waals surface area contributed by atoms with Gasteiger partial charge < -0.3 is 15.8 Å². The number of anilines is 1. The number of ether oxygens (including phenoxy) is 1. The quantitative estimate of drug-likeness (QED) is 0.697. The maximum absolute atomic E-state index is 5.97. The van der Waals surface area contributed by atoms with Crippen LogP contribution in [0.5, 0.6) is 0 Å². The molecule has 0 amide bonds. The topological polar surface area (TPSA) is 73.1 Å². The molecule has 2 aliphatic carbocycles. The van der Waals surface area contributed by atoms with E-state index in [4.69, 9.17) is 20.4 Å². The lowest BCUT2D eigenvalue weighted by atomic mass is 9.78. The number of nitrogens with two attached hydrogens (primary N) is 1. The monoisotopic (exact) mass is 424 g/mol. The van der Waals surface area contributed by atoms with Gasteiger partial charge in [0.25, 0.3) is 0 Å². The summed E-state index contributed by atoms with van der Waals surface area (Å²) in [4.78, 5) is 9.39. The summed E-state index contributed by atoms with van der Waals surface area (Å²) in [6.07, 6.45) is 5.41. The fourth-order valence-corrected chi connectivity index (χ4v) is 3.83. The Hall–Kier alpha value is -1.40. The van der Waals surface area contributed by atoms with Gasteiger partial charge in [-0.3, -0.25) is 0 Å². The van der Waals surface area contributed by atoms with E-state index >= 15 is 0 Å². The zero-order valence-electron chi connectivity index (χ0n) is 16.5. The van der Waals surface area contributed by atoms with Gasteiger partial charge in [-0.05, 0) is 50.2 Å². The third kappa shape index (κ3) is 5.15. The minimum Gasteiger partial charge on any atom is -0.377 e. The van der Waals surface area contributed by atoms with Crippen LogP contribution >= 0.6 is 24.8 Å². The standard InChI is InChI=1S/C21H28N4O.2ClH/c1-14-5-3-4-6-15(14)12-21(7-8-21)25-19-11-18(16-9-17(22)10-16)23-20(24-19)13-26-2;;/h3-6,11,16-17H,7-10,12-13,22H2,1-2H3,(H,23,24,25);2*1H. The Bertz CT molecular complexity index is 792. The second-order valence-corrected chi connectivity index (χ2v) is 7.96. The maximum atomic E-state index is 5.97. The van der Waals surface area contributed by atoms with Crippen molar-refractivity contribution in [2.24, 2.45) is 5.73 Å². The molecule has 0 aliphatic heterocycles. The number of halogens is 2. The summed E-state index contributed by atoms with van der Waals surface area (Å²) in [7, 11) is 1.68. The molecule has 1 heterocycles. The zero-order chi connectivity index (χ0) is 18.1. The van der Waals surface area contributed by atoms with Gasteiger partial charge in [-0.15, -0.1) is 24.8 Å². The number of hydrogen-bond donors (Lipinski definition) is 2. The number of nitrogens with one attached hydrogen (secondary N) is 1. The van der Waals surface area contributed by atoms with E-state index in [1.165, 1.54) is 24.0 Å². The molecule has 2 saturated carbocycles. The number of rotatable bonds is 7. The van der Waals surface area contributed by atoms with Gasteiger partial charge in [-0.1, -0.05) is 24.3 Å². The van der Waals surface area contributed by atoms with Crippen LogP contribution in [0.2, 0.25) is 0 Å². The molecule has 154 valence electrons. The molecular weight excluding hydrogens is 395 g/mol. The van der Waals surface area contributed by atoms with Crippen LogP contribution in [0.4, 0.5) is 5.82 Å². The van der Waals surface area contributed by atoms with Gasteiger partial charge in [0.1, 0.15) is 12.4 Å². The molecule has 7 heteroatoms. The molecule has 3 N–H and O–H groups in total. The van der Waals surface area contributed by atoms with Gasteiger partial charge in [-0.25, -0.2) is 9.97 Å². The molecule has 28 heavy (non-hydrogen) atoms. The number of benzene rings is 1. The van der Waals surface area contributed by atoms with Gasteiger partial charge in [0, 0.05) is 36.4 Å². The van der Waals surface area contributed by atoms with Crippen molar-refractivity contribution in [3.63, 3.8) is 0 Å².